The minimum atomic E-state index is -0.504. The van der Waals surface area contributed by atoms with Crippen LogP contribution in [0.1, 0.15) is 49.7 Å². The first-order valence-electron chi connectivity index (χ1n) is 8.47. The van der Waals surface area contributed by atoms with Gasteiger partial charge in [0.1, 0.15) is 11.5 Å². The molecule has 1 amide bonds. The molecule has 2 rings (SSSR count). The van der Waals surface area contributed by atoms with Crippen molar-refractivity contribution in [2.24, 2.45) is 0 Å². The molecule has 1 heterocycles. The maximum atomic E-state index is 12.3. The van der Waals surface area contributed by atoms with Gasteiger partial charge in [-0.1, -0.05) is 36.1 Å². The third-order valence-electron chi connectivity index (χ3n) is 3.97. The van der Waals surface area contributed by atoms with Crippen LogP contribution in [0, 0.1) is 20.8 Å². The molecule has 142 valence electrons. The van der Waals surface area contributed by atoms with Crippen molar-refractivity contribution in [3.63, 3.8) is 0 Å². The normalized spacial score (nSPS) is 10.3. The third-order valence-corrected chi connectivity index (χ3v) is 5.02. The van der Waals surface area contributed by atoms with Crippen LogP contribution in [0.2, 0.25) is 0 Å². The summed E-state index contributed by atoms with van der Waals surface area (Å²) in [5.41, 5.74) is 3.24. The molecule has 6 nitrogen and oxygen atoms in total. The summed E-state index contributed by atoms with van der Waals surface area (Å²) in [5, 5.41) is 2.94. The Bertz CT molecular complexity index is 886. The van der Waals surface area contributed by atoms with Crippen LogP contribution in [0.15, 0.2) is 30.9 Å². The Labute approximate surface area is 162 Å². The monoisotopic (exact) mass is 386 g/mol. The highest BCUT2D eigenvalue weighted by molar-refractivity contribution is 7.17. The van der Waals surface area contributed by atoms with Gasteiger partial charge >= 0.3 is 5.97 Å². The Morgan fingerprint density at radius 2 is 1.93 bits per heavy atom. The summed E-state index contributed by atoms with van der Waals surface area (Å²) in [7, 11) is 0. The van der Waals surface area contributed by atoms with Crippen LogP contribution in [0.4, 0.5) is 5.13 Å². The number of hydrogen-bond acceptors (Lipinski definition) is 6. The minimum Gasteiger partial charge on any atom is -0.457 e. The molecule has 0 radical (unpaired) electrons. The van der Waals surface area contributed by atoms with Gasteiger partial charge in [-0.15, -0.1) is 0 Å². The van der Waals surface area contributed by atoms with Gasteiger partial charge in [0.2, 0.25) is 5.91 Å². The van der Waals surface area contributed by atoms with E-state index in [1.165, 1.54) is 6.08 Å². The number of ketones is 1. The van der Waals surface area contributed by atoms with Crippen molar-refractivity contribution in [3.05, 3.63) is 58.1 Å². The van der Waals surface area contributed by atoms with E-state index in [0.29, 0.717) is 21.3 Å². The molecule has 0 aliphatic heterocycles. The van der Waals surface area contributed by atoms with Gasteiger partial charge in [0, 0.05) is 18.4 Å². The van der Waals surface area contributed by atoms with Gasteiger partial charge in [0.05, 0.1) is 5.69 Å². The van der Waals surface area contributed by atoms with Gasteiger partial charge in [-0.3, -0.25) is 9.59 Å². The van der Waals surface area contributed by atoms with Crippen LogP contribution in [-0.2, 0) is 9.53 Å². The molecule has 0 aliphatic carbocycles. The van der Waals surface area contributed by atoms with Crippen molar-refractivity contribution in [2.75, 3.05) is 11.9 Å². The lowest BCUT2D eigenvalue weighted by molar-refractivity contribution is -0.116. The van der Waals surface area contributed by atoms with E-state index in [1.807, 2.05) is 26.0 Å². The van der Waals surface area contributed by atoms with E-state index in [4.69, 9.17) is 4.74 Å². The number of ether oxygens (including phenoxy) is 1. The summed E-state index contributed by atoms with van der Waals surface area (Å²) in [6, 6.07) is 5.50. The smallest absolute Gasteiger partial charge is 0.350 e. The highest BCUT2D eigenvalue weighted by Gasteiger charge is 2.18. The van der Waals surface area contributed by atoms with Gasteiger partial charge in [0.25, 0.3) is 0 Å². The standard InChI is InChI=1S/C20H22N2O4S/c1-5-10-26-19(25)18-14(4)21-20(27-18)22-17(24)9-8-16(23)15-7-6-12(2)13(3)11-15/h5-7,11H,1,8-10H2,2-4H3,(H,21,22,24). The summed E-state index contributed by atoms with van der Waals surface area (Å²) < 4.78 is 4.98. The fourth-order valence-electron chi connectivity index (χ4n) is 2.31. The maximum absolute atomic E-state index is 12.3. The van der Waals surface area contributed by atoms with Crippen molar-refractivity contribution in [2.45, 2.75) is 33.6 Å². The molecule has 0 spiro atoms. The van der Waals surface area contributed by atoms with Crippen LogP contribution in [0.5, 0.6) is 0 Å². The molecular weight excluding hydrogens is 364 g/mol. The Morgan fingerprint density at radius 1 is 1.19 bits per heavy atom. The van der Waals surface area contributed by atoms with E-state index in [1.54, 1.807) is 13.0 Å². The molecule has 2 aromatic rings. The maximum Gasteiger partial charge on any atom is 0.350 e. The predicted octanol–water partition coefficient (Wildman–Crippen LogP) is 4.01. The highest BCUT2D eigenvalue weighted by Crippen LogP contribution is 2.23. The van der Waals surface area contributed by atoms with E-state index >= 15 is 0 Å². The summed E-state index contributed by atoms with van der Waals surface area (Å²) >= 11 is 1.04. The average molecular weight is 386 g/mol. The fourth-order valence-corrected chi connectivity index (χ4v) is 3.18. The quantitative estimate of drug-likeness (QED) is 0.421. The Morgan fingerprint density at radius 3 is 2.59 bits per heavy atom. The summed E-state index contributed by atoms with van der Waals surface area (Å²) in [6.45, 7) is 9.19. The number of nitrogens with zero attached hydrogens (tertiary/aromatic N) is 1. The van der Waals surface area contributed by atoms with Gasteiger partial charge in [0.15, 0.2) is 10.9 Å². The van der Waals surface area contributed by atoms with Crippen molar-refractivity contribution in [3.8, 4) is 0 Å². The number of rotatable bonds is 8. The van der Waals surface area contributed by atoms with Gasteiger partial charge in [-0.2, -0.15) is 0 Å². The van der Waals surface area contributed by atoms with Crippen molar-refractivity contribution < 1.29 is 19.1 Å². The lowest BCUT2D eigenvalue weighted by Gasteiger charge is -2.05. The molecule has 0 bridgehead atoms. The second-order valence-corrected chi connectivity index (χ2v) is 7.09. The number of amides is 1. The van der Waals surface area contributed by atoms with Crippen LogP contribution in [-0.4, -0.2) is 29.3 Å². The first kappa shape index (κ1) is 20.5. The Hall–Kier alpha value is -2.80. The number of aryl methyl sites for hydroxylation is 3. The van der Waals surface area contributed by atoms with Crippen LogP contribution >= 0.6 is 11.3 Å². The van der Waals surface area contributed by atoms with Gasteiger partial charge in [-0.05, 0) is 38.0 Å². The zero-order valence-corrected chi connectivity index (χ0v) is 16.4. The predicted molar refractivity (Wildman–Crippen MR) is 105 cm³/mol. The van der Waals surface area contributed by atoms with E-state index < -0.39 is 5.97 Å². The molecule has 1 aromatic carbocycles. The van der Waals surface area contributed by atoms with Crippen molar-refractivity contribution in [1.82, 2.24) is 4.98 Å². The van der Waals surface area contributed by atoms with E-state index in [2.05, 4.69) is 16.9 Å². The number of esters is 1. The molecule has 0 aliphatic rings. The molecule has 0 atom stereocenters. The second-order valence-electron chi connectivity index (χ2n) is 6.09. The first-order valence-corrected chi connectivity index (χ1v) is 9.29. The van der Waals surface area contributed by atoms with Gasteiger partial charge < -0.3 is 10.1 Å². The zero-order chi connectivity index (χ0) is 20.0. The number of carbonyl (C=O) groups excluding carboxylic acids is 3. The molecule has 1 N–H and O–H groups in total. The largest absolute Gasteiger partial charge is 0.457 e. The number of benzene rings is 1. The fraction of sp³-hybridized carbons (Fsp3) is 0.300. The lowest BCUT2D eigenvalue weighted by Crippen LogP contribution is -2.13. The Balaban J connectivity index is 1.92. The van der Waals surface area contributed by atoms with Crippen molar-refractivity contribution >= 4 is 34.1 Å². The number of nitrogens with one attached hydrogen (secondary N) is 1. The van der Waals surface area contributed by atoms with E-state index in [-0.39, 0.29) is 31.1 Å². The molecule has 1 aromatic heterocycles. The summed E-state index contributed by atoms with van der Waals surface area (Å²) in [4.78, 5) is 40.7. The number of hydrogen-bond donors (Lipinski definition) is 1. The summed E-state index contributed by atoms with van der Waals surface area (Å²) in [6.07, 6.45) is 1.62. The number of Topliss-reactive ketones (excluding diaryl/α,β-unsaturated/α-hetero) is 1. The molecule has 27 heavy (non-hydrogen) atoms. The molecule has 0 saturated carbocycles. The number of aromatic nitrogens is 1. The van der Waals surface area contributed by atoms with Crippen LogP contribution in [0.25, 0.3) is 0 Å². The van der Waals surface area contributed by atoms with Gasteiger partial charge in [-0.25, -0.2) is 9.78 Å². The topological polar surface area (TPSA) is 85.4 Å². The van der Waals surface area contributed by atoms with Crippen LogP contribution < -0.4 is 5.32 Å². The number of thiazole rings is 1. The average Bonchev–Trinajstić information content (AvgIpc) is 3.00. The van der Waals surface area contributed by atoms with Crippen molar-refractivity contribution in [1.29, 1.82) is 0 Å². The summed E-state index contributed by atoms with van der Waals surface area (Å²) in [5.74, 6) is -0.917. The third kappa shape index (κ3) is 5.59. The number of anilines is 1. The molecule has 0 fully saturated rings. The van der Waals surface area contributed by atoms with Crippen LogP contribution in [0.3, 0.4) is 0 Å². The molecular formula is C20H22N2O4S. The van der Waals surface area contributed by atoms with E-state index in [9.17, 15) is 14.4 Å². The number of carbonyl (C=O) groups is 3. The molecule has 0 saturated heterocycles. The first-order chi connectivity index (χ1) is 12.8. The highest BCUT2D eigenvalue weighted by atomic mass is 32.1. The minimum absolute atomic E-state index is 0.0423. The van der Waals surface area contributed by atoms with E-state index in [0.717, 1.165) is 22.5 Å². The second kappa shape index (κ2) is 9.23. The zero-order valence-electron chi connectivity index (χ0n) is 15.6. The Kier molecular flexibility index (Phi) is 7.01. The SMILES string of the molecule is C=CCOC(=O)c1sc(NC(=O)CCC(=O)c2ccc(C)c(C)c2)nc1C. The molecule has 0 unspecified atom stereocenters. The lowest BCUT2D eigenvalue weighted by atomic mass is 10.0. The molecule has 7 heteroatoms.